The van der Waals surface area contributed by atoms with E-state index in [0.717, 1.165) is 22.3 Å². The number of hydrogen-bond donors (Lipinski definition) is 3. The molecule has 2 aromatic carbocycles. The van der Waals surface area contributed by atoms with E-state index in [0.29, 0.717) is 13.2 Å². The molecule has 1 atom stereocenters. The van der Waals surface area contributed by atoms with Gasteiger partial charge in [-0.2, -0.15) is 0 Å². The minimum absolute atomic E-state index is 0.0883. The van der Waals surface area contributed by atoms with E-state index in [-0.39, 0.29) is 38.3 Å². The number of carbonyl (C=O) groups excluding carboxylic acids is 2. The topological polar surface area (TPSA) is 123 Å². The minimum Gasteiger partial charge on any atom is -0.479 e. The second kappa shape index (κ2) is 10.9. The van der Waals surface area contributed by atoms with Gasteiger partial charge in [0.1, 0.15) is 12.1 Å². The summed E-state index contributed by atoms with van der Waals surface area (Å²) >= 11 is 0. The van der Waals surface area contributed by atoms with E-state index in [4.69, 9.17) is 19.3 Å². The zero-order chi connectivity index (χ0) is 24.8. The molecule has 0 radical (unpaired) electrons. The molecule has 1 aliphatic heterocycles. The number of methoxy groups -OCH3 is 1. The predicted molar refractivity (Wildman–Crippen MR) is 127 cm³/mol. The van der Waals surface area contributed by atoms with Gasteiger partial charge in [-0.05, 0) is 22.3 Å². The molecule has 9 heteroatoms. The number of rotatable bonds is 9. The normalized spacial score (nSPS) is 17.1. The number of benzene rings is 2. The van der Waals surface area contributed by atoms with Crippen LogP contribution in [-0.2, 0) is 23.8 Å². The molecule has 186 valence electrons. The number of carbonyl (C=O) groups is 3. The average molecular weight is 483 g/mol. The third kappa shape index (κ3) is 5.31. The van der Waals surface area contributed by atoms with Gasteiger partial charge in [0.25, 0.3) is 0 Å². The summed E-state index contributed by atoms with van der Waals surface area (Å²) in [7, 11) is 1.30. The first-order valence-corrected chi connectivity index (χ1v) is 11.7. The van der Waals surface area contributed by atoms with E-state index in [1.165, 1.54) is 7.11 Å². The summed E-state index contributed by atoms with van der Waals surface area (Å²) in [6.45, 7) is 0.862. The summed E-state index contributed by atoms with van der Waals surface area (Å²) in [5.41, 5.74) is 3.28. The lowest BCUT2D eigenvalue weighted by molar-refractivity contribution is -0.149. The Morgan fingerprint density at radius 2 is 1.66 bits per heavy atom. The standard InChI is InChI=1S/C26H30N2O7/c1-33-22(23(29)30)10-13-27-24(31)26(11-14-34-15-12-26)28-25(32)35-16-21-19-8-4-2-6-17(19)18-7-3-5-9-20(18)21/h2-9,21-22H,10-16H2,1H3,(H,27,31)(H,28,32)(H,29,30). The molecule has 2 amide bonds. The highest BCUT2D eigenvalue weighted by atomic mass is 16.5. The minimum atomic E-state index is -1.19. The van der Waals surface area contributed by atoms with Crippen molar-refractivity contribution >= 4 is 18.0 Å². The number of amides is 2. The van der Waals surface area contributed by atoms with Crippen molar-refractivity contribution in [3.8, 4) is 11.1 Å². The van der Waals surface area contributed by atoms with Gasteiger partial charge in [0.05, 0.1) is 0 Å². The molecule has 1 saturated heterocycles. The number of nitrogens with one attached hydrogen (secondary N) is 2. The molecule has 35 heavy (non-hydrogen) atoms. The maximum absolute atomic E-state index is 13.1. The lowest BCUT2D eigenvalue weighted by Gasteiger charge is -2.36. The highest BCUT2D eigenvalue weighted by Crippen LogP contribution is 2.44. The molecule has 1 heterocycles. The van der Waals surface area contributed by atoms with Crippen molar-refractivity contribution in [2.24, 2.45) is 0 Å². The Labute approximate surface area is 203 Å². The van der Waals surface area contributed by atoms with Crippen LogP contribution in [0.1, 0.15) is 36.3 Å². The number of alkyl carbamates (subject to hydrolysis) is 1. The van der Waals surface area contributed by atoms with E-state index >= 15 is 0 Å². The fraction of sp³-hybridized carbons (Fsp3) is 0.423. The van der Waals surface area contributed by atoms with Gasteiger partial charge in [-0.1, -0.05) is 48.5 Å². The quantitative estimate of drug-likeness (QED) is 0.502. The lowest BCUT2D eigenvalue weighted by Crippen LogP contribution is -2.61. The summed E-state index contributed by atoms with van der Waals surface area (Å²) in [5, 5.41) is 14.6. The van der Waals surface area contributed by atoms with Crippen LogP contribution in [0.5, 0.6) is 0 Å². The second-order valence-electron chi connectivity index (χ2n) is 8.75. The summed E-state index contributed by atoms with van der Waals surface area (Å²) in [6.07, 6.45) is -1.01. The number of hydrogen-bond acceptors (Lipinski definition) is 6. The molecule has 1 fully saturated rings. The highest BCUT2D eigenvalue weighted by molar-refractivity contribution is 5.90. The molecular formula is C26H30N2O7. The van der Waals surface area contributed by atoms with E-state index in [9.17, 15) is 14.4 Å². The molecule has 0 spiro atoms. The smallest absolute Gasteiger partial charge is 0.408 e. The number of aliphatic carboxylic acids is 1. The fourth-order valence-corrected chi connectivity index (χ4v) is 4.79. The second-order valence-corrected chi connectivity index (χ2v) is 8.75. The SMILES string of the molecule is COC(CCNC(=O)C1(NC(=O)OCC2c3ccccc3-c3ccccc32)CCOCC1)C(=O)O. The third-order valence-corrected chi connectivity index (χ3v) is 6.72. The van der Waals surface area contributed by atoms with Crippen LogP contribution in [0.15, 0.2) is 48.5 Å². The Morgan fingerprint density at radius 3 is 2.23 bits per heavy atom. The Kier molecular flexibility index (Phi) is 7.67. The number of carboxylic acid groups (broad SMARTS) is 1. The highest BCUT2D eigenvalue weighted by Gasteiger charge is 2.42. The Bertz CT molecular complexity index is 1040. The van der Waals surface area contributed by atoms with Crippen molar-refractivity contribution in [1.29, 1.82) is 0 Å². The largest absolute Gasteiger partial charge is 0.479 e. The number of fused-ring (bicyclic) bond motifs is 3. The molecule has 2 aromatic rings. The van der Waals surface area contributed by atoms with Crippen molar-refractivity contribution in [2.75, 3.05) is 33.5 Å². The zero-order valence-corrected chi connectivity index (χ0v) is 19.6. The maximum Gasteiger partial charge on any atom is 0.408 e. The molecule has 2 aliphatic rings. The predicted octanol–water partition coefficient (Wildman–Crippen LogP) is 2.68. The van der Waals surface area contributed by atoms with Gasteiger partial charge in [0.2, 0.25) is 5.91 Å². The average Bonchev–Trinajstić information content (AvgIpc) is 3.19. The lowest BCUT2D eigenvalue weighted by atomic mass is 9.89. The van der Waals surface area contributed by atoms with Crippen molar-refractivity contribution < 1.29 is 33.7 Å². The molecule has 1 aliphatic carbocycles. The van der Waals surface area contributed by atoms with Gasteiger partial charge in [-0.25, -0.2) is 9.59 Å². The van der Waals surface area contributed by atoms with Crippen molar-refractivity contribution in [2.45, 2.75) is 36.8 Å². The van der Waals surface area contributed by atoms with Crippen LogP contribution in [0.3, 0.4) is 0 Å². The number of carboxylic acids is 1. The maximum atomic E-state index is 13.1. The van der Waals surface area contributed by atoms with Crippen LogP contribution in [0, 0.1) is 0 Å². The van der Waals surface area contributed by atoms with Crippen LogP contribution in [0.2, 0.25) is 0 Å². The molecule has 0 bridgehead atoms. The van der Waals surface area contributed by atoms with Crippen molar-refractivity contribution in [3.63, 3.8) is 0 Å². The van der Waals surface area contributed by atoms with Gasteiger partial charge in [-0.3, -0.25) is 4.79 Å². The van der Waals surface area contributed by atoms with E-state index in [1.807, 2.05) is 36.4 Å². The summed E-state index contributed by atoms with van der Waals surface area (Å²) < 4.78 is 15.9. The van der Waals surface area contributed by atoms with Gasteiger partial charge in [0, 0.05) is 52.0 Å². The molecule has 4 rings (SSSR count). The number of ether oxygens (including phenoxy) is 3. The van der Waals surface area contributed by atoms with Crippen molar-refractivity contribution in [1.82, 2.24) is 10.6 Å². The molecule has 0 saturated carbocycles. The summed E-state index contributed by atoms with van der Waals surface area (Å²) in [6, 6.07) is 16.1. The molecule has 0 aromatic heterocycles. The molecule has 1 unspecified atom stereocenters. The van der Waals surface area contributed by atoms with Crippen LogP contribution >= 0.6 is 0 Å². The van der Waals surface area contributed by atoms with Gasteiger partial charge in [-0.15, -0.1) is 0 Å². The van der Waals surface area contributed by atoms with E-state index < -0.39 is 29.6 Å². The first kappa shape index (κ1) is 24.7. The van der Waals surface area contributed by atoms with Crippen LogP contribution < -0.4 is 10.6 Å². The van der Waals surface area contributed by atoms with Crippen LogP contribution in [0.4, 0.5) is 4.79 Å². The van der Waals surface area contributed by atoms with Gasteiger partial charge in [0.15, 0.2) is 6.10 Å². The third-order valence-electron chi connectivity index (χ3n) is 6.72. The van der Waals surface area contributed by atoms with Crippen molar-refractivity contribution in [3.05, 3.63) is 59.7 Å². The Balaban J connectivity index is 1.39. The van der Waals surface area contributed by atoms with E-state index in [1.54, 1.807) is 0 Å². The molecular weight excluding hydrogens is 452 g/mol. The summed E-state index contributed by atoms with van der Waals surface area (Å²) in [4.78, 5) is 37.0. The monoisotopic (exact) mass is 482 g/mol. The van der Waals surface area contributed by atoms with E-state index in [2.05, 4.69) is 22.8 Å². The molecule has 3 N–H and O–H groups in total. The first-order chi connectivity index (χ1) is 16.9. The fourth-order valence-electron chi connectivity index (χ4n) is 4.79. The first-order valence-electron chi connectivity index (χ1n) is 11.7. The Hall–Kier alpha value is -3.43. The summed E-state index contributed by atoms with van der Waals surface area (Å²) in [5.74, 6) is -1.58. The zero-order valence-electron chi connectivity index (χ0n) is 19.6. The molecule has 9 nitrogen and oxygen atoms in total. The van der Waals surface area contributed by atoms with Gasteiger partial charge < -0.3 is 30.0 Å². The van der Waals surface area contributed by atoms with Crippen LogP contribution in [0.25, 0.3) is 11.1 Å². The van der Waals surface area contributed by atoms with Gasteiger partial charge >= 0.3 is 12.1 Å². The Morgan fingerprint density at radius 1 is 1.06 bits per heavy atom. The van der Waals surface area contributed by atoms with Crippen LogP contribution in [-0.4, -0.2) is 68.2 Å².